The average Bonchev–Trinajstić information content (AvgIpc) is 2.25. The molecule has 0 bridgehead atoms. The number of alkyl halides is 1. The molecule has 1 aliphatic rings. The highest BCUT2D eigenvalue weighted by molar-refractivity contribution is 9.10. The number of halogens is 2. The minimum Gasteiger partial charge on any atom is -0.474 e. The molecule has 2 N–H and O–H groups in total. The van der Waals surface area contributed by atoms with Crippen LogP contribution in [0.3, 0.4) is 0 Å². The molecule has 2 rings (SSSR count). The number of nitrogens with two attached hydrogens (primary N) is 1. The zero-order valence-electron chi connectivity index (χ0n) is 9.75. The molecule has 1 heterocycles. The lowest BCUT2D eigenvalue weighted by molar-refractivity contribution is 0.0553. The Kier molecular flexibility index (Phi) is 3.56. The number of ether oxygens (including phenoxy) is 1. The van der Waals surface area contributed by atoms with Gasteiger partial charge in [-0.1, -0.05) is 0 Å². The van der Waals surface area contributed by atoms with Gasteiger partial charge in [-0.3, -0.25) is 0 Å². The summed E-state index contributed by atoms with van der Waals surface area (Å²) in [6, 6.07) is 1.75. The van der Waals surface area contributed by atoms with Gasteiger partial charge < -0.3 is 10.5 Å². The molecule has 1 aliphatic carbocycles. The van der Waals surface area contributed by atoms with E-state index in [4.69, 9.17) is 10.5 Å². The Bertz CT molecular complexity index is 401. The van der Waals surface area contributed by atoms with Gasteiger partial charge in [-0.2, -0.15) is 0 Å². The van der Waals surface area contributed by atoms with Crippen LogP contribution in [0.4, 0.5) is 10.1 Å². The van der Waals surface area contributed by atoms with Crippen LogP contribution in [0.1, 0.15) is 32.6 Å². The van der Waals surface area contributed by atoms with Gasteiger partial charge in [0.1, 0.15) is 11.8 Å². The molecule has 0 radical (unpaired) electrons. The van der Waals surface area contributed by atoms with E-state index in [1.54, 1.807) is 19.2 Å². The van der Waals surface area contributed by atoms with Gasteiger partial charge in [0, 0.05) is 0 Å². The number of hydrogen-bond acceptors (Lipinski definition) is 3. The van der Waals surface area contributed by atoms with Crippen LogP contribution < -0.4 is 10.5 Å². The fourth-order valence-corrected chi connectivity index (χ4v) is 2.46. The van der Waals surface area contributed by atoms with E-state index in [0.29, 0.717) is 24.4 Å². The van der Waals surface area contributed by atoms with E-state index in [9.17, 15) is 4.39 Å². The summed E-state index contributed by atoms with van der Waals surface area (Å²) in [7, 11) is 0. The zero-order chi connectivity index (χ0) is 12.5. The van der Waals surface area contributed by atoms with Gasteiger partial charge in [-0.05, 0) is 54.6 Å². The van der Waals surface area contributed by atoms with E-state index < -0.39 is 5.67 Å². The predicted molar refractivity (Wildman–Crippen MR) is 68.7 cm³/mol. The lowest BCUT2D eigenvalue weighted by Gasteiger charge is -2.31. The van der Waals surface area contributed by atoms with Crippen LogP contribution in [0.15, 0.2) is 16.7 Å². The Hall–Kier alpha value is -0.840. The Morgan fingerprint density at radius 3 is 2.76 bits per heavy atom. The first-order chi connectivity index (χ1) is 7.96. The van der Waals surface area contributed by atoms with Crippen molar-refractivity contribution in [3.63, 3.8) is 0 Å². The molecule has 1 aromatic heterocycles. The molecule has 0 aliphatic heterocycles. The topological polar surface area (TPSA) is 48.1 Å². The molecule has 1 fully saturated rings. The third-order valence-electron chi connectivity index (χ3n) is 3.08. The fourth-order valence-electron chi connectivity index (χ4n) is 2.00. The van der Waals surface area contributed by atoms with E-state index in [-0.39, 0.29) is 6.10 Å². The zero-order valence-corrected chi connectivity index (χ0v) is 11.3. The molecule has 1 saturated carbocycles. The summed E-state index contributed by atoms with van der Waals surface area (Å²) in [5.74, 6) is 0.534. The highest BCUT2D eigenvalue weighted by Gasteiger charge is 2.31. The predicted octanol–water partition coefficient (Wildman–Crippen LogP) is 3.48. The van der Waals surface area contributed by atoms with Gasteiger partial charge in [0.05, 0.1) is 16.4 Å². The second-order valence-corrected chi connectivity index (χ2v) is 5.64. The summed E-state index contributed by atoms with van der Waals surface area (Å²) in [6.07, 6.45) is 4.15. The lowest BCUT2D eigenvalue weighted by atomic mass is 9.86. The third kappa shape index (κ3) is 3.31. The lowest BCUT2D eigenvalue weighted by Crippen LogP contribution is -2.31. The molecule has 0 unspecified atom stereocenters. The summed E-state index contributed by atoms with van der Waals surface area (Å²) in [5, 5.41) is 0. The third-order valence-corrected chi connectivity index (χ3v) is 3.65. The van der Waals surface area contributed by atoms with Gasteiger partial charge in [0.25, 0.3) is 0 Å². The summed E-state index contributed by atoms with van der Waals surface area (Å²) in [4.78, 5) is 4.12. The summed E-state index contributed by atoms with van der Waals surface area (Å²) < 4.78 is 20.1. The molecule has 0 spiro atoms. The van der Waals surface area contributed by atoms with Crippen molar-refractivity contribution >= 4 is 21.6 Å². The monoisotopic (exact) mass is 302 g/mol. The van der Waals surface area contributed by atoms with Crippen molar-refractivity contribution < 1.29 is 9.13 Å². The molecule has 0 amide bonds. The maximum absolute atomic E-state index is 13.6. The highest BCUT2D eigenvalue weighted by atomic mass is 79.9. The van der Waals surface area contributed by atoms with Gasteiger partial charge in [0.2, 0.25) is 5.88 Å². The van der Waals surface area contributed by atoms with Crippen LogP contribution in [0.5, 0.6) is 5.88 Å². The van der Waals surface area contributed by atoms with Crippen LogP contribution in [0, 0.1) is 0 Å². The van der Waals surface area contributed by atoms with E-state index in [1.807, 2.05) is 0 Å². The quantitative estimate of drug-likeness (QED) is 0.910. The van der Waals surface area contributed by atoms with E-state index >= 15 is 0 Å². The molecule has 0 saturated heterocycles. The first-order valence-corrected chi connectivity index (χ1v) is 6.52. The van der Waals surface area contributed by atoms with Gasteiger partial charge in [-0.15, -0.1) is 0 Å². The Labute approximate surface area is 109 Å². The van der Waals surface area contributed by atoms with Crippen LogP contribution in [-0.2, 0) is 0 Å². The van der Waals surface area contributed by atoms with Gasteiger partial charge >= 0.3 is 0 Å². The molecular formula is C12H16BrFN2O. The van der Waals surface area contributed by atoms with Crippen LogP contribution in [-0.4, -0.2) is 16.8 Å². The van der Waals surface area contributed by atoms with Crippen molar-refractivity contribution in [2.45, 2.75) is 44.4 Å². The van der Waals surface area contributed by atoms with Gasteiger partial charge in [-0.25, -0.2) is 9.37 Å². The molecule has 3 nitrogen and oxygen atoms in total. The maximum Gasteiger partial charge on any atom is 0.228 e. The summed E-state index contributed by atoms with van der Waals surface area (Å²) in [6.45, 7) is 1.65. The molecule has 0 atom stereocenters. The van der Waals surface area contributed by atoms with Gasteiger partial charge in [0.15, 0.2) is 0 Å². The number of aromatic nitrogens is 1. The minimum atomic E-state index is -1.04. The number of nitrogen functional groups attached to an aromatic ring is 1. The van der Waals surface area contributed by atoms with Crippen molar-refractivity contribution in [3.05, 3.63) is 16.7 Å². The first kappa shape index (κ1) is 12.6. The average molecular weight is 303 g/mol. The van der Waals surface area contributed by atoms with Crippen molar-refractivity contribution in [2.75, 3.05) is 5.73 Å². The summed E-state index contributed by atoms with van der Waals surface area (Å²) in [5.41, 5.74) is 5.15. The Morgan fingerprint density at radius 2 is 2.18 bits per heavy atom. The SMILES string of the molecule is CC1(F)CCC(Oc2ncc(N)cc2Br)CC1. The van der Waals surface area contributed by atoms with Crippen LogP contribution in [0.25, 0.3) is 0 Å². The number of pyridine rings is 1. The summed E-state index contributed by atoms with van der Waals surface area (Å²) >= 11 is 3.35. The molecule has 1 aromatic rings. The van der Waals surface area contributed by atoms with Crippen molar-refractivity contribution in [1.29, 1.82) is 0 Å². The van der Waals surface area contributed by atoms with Crippen molar-refractivity contribution in [2.24, 2.45) is 0 Å². The largest absolute Gasteiger partial charge is 0.474 e. The normalized spacial score (nSPS) is 29.0. The molecule has 17 heavy (non-hydrogen) atoms. The first-order valence-electron chi connectivity index (χ1n) is 5.73. The molecule has 0 aromatic carbocycles. The van der Waals surface area contributed by atoms with Crippen molar-refractivity contribution in [3.8, 4) is 5.88 Å². The minimum absolute atomic E-state index is 0.0475. The number of anilines is 1. The Balaban J connectivity index is 1.98. The van der Waals surface area contributed by atoms with E-state index in [2.05, 4.69) is 20.9 Å². The smallest absolute Gasteiger partial charge is 0.228 e. The Morgan fingerprint density at radius 1 is 1.53 bits per heavy atom. The number of hydrogen-bond donors (Lipinski definition) is 1. The second kappa shape index (κ2) is 4.80. The highest BCUT2D eigenvalue weighted by Crippen LogP contribution is 2.34. The number of nitrogens with zero attached hydrogens (tertiary/aromatic N) is 1. The number of rotatable bonds is 2. The van der Waals surface area contributed by atoms with E-state index in [1.165, 1.54) is 0 Å². The molecule has 5 heteroatoms. The van der Waals surface area contributed by atoms with Crippen LogP contribution in [0.2, 0.25) is 0 Å². The standard InChI is InChI=1S/C12H16BrFN2O/c1-12(14)4-2-9(3-5-12)17-11-10(13)6-8(15)7-16-11/h6-7,9H,2-5,15H2,1H3. The van der Waals surface area contributed by atoms with Crippen LogP contribution >= 0.6 is 15.9 Å². The van der Waals surface area contributed by atoms with Crippen molar-refractivity contribution in [1.82, 2.24) is 4.98 Å². The van der Waals surface area contributed by atoms with E-state index in [0.717, 1.165) is 17.3 Å². The molecule has 94 valence electrons. The molecular weight excluding hydrogens is 287 g/mol. The second-order valence-electron chi connectivity index (χ2n) is 4.79. The maximum atomic E-state index is 13.6. The fraction of sp³-hybridized carbons (Fsp3) is 0.583.